The Hall–Kier alpha value is -2.86. The number of carbonyl (C=O) groups excluding carboxylic acids is 1. The van der Waals surface area contributed by atoms with Gasteiger partial charge in [-0.1, -0.05) is 35.9 Å². The topological polar surface area (TPSA) is 77.3 Å². The van der Waals surface area contributed by atoms with Crippen LogP contribution in [0.1, 0.15) is 11.5 Å². The molecule has 0 saturated heterocycles. The molecule has 0 spiro atoms. The smallest absolute Gasteiger partial charge is 0.251 e. The lowest BCUT2D eigenvalue weighted by Crippen LogP contribution is -2.27. The third kappa shape index (κ3) is 4.61. The lowest BCUT2D eigenvalue weighted by atomic mass is 10.1. The molecule has 1 heterocycles. The number of amides is 1. The van der Waals surface area contributed by atoms with Gasteiger partial charge in [0, 0.05) is 18.0 Å². The van der Waals surface area contributed by atoms with Crippen LogP contribution in [0.4, 0.5) is 0 Å². The molecule has 0 bridgehead atoms. The van der Waals surface area contributed by atoms with Crippen molar-refractivity contribution in [2.24, 2.45) is 0 Å². The third-order valence-electron chi connectivity index (χ3n) is 3.74. The van der Waals surface area contributed by atoms with E-state index in [1.54, 1.807) is 19.2 Å². The summed E-state index contributed by atoms with van der Waals surface area (Å²) in [7, 11) is 1.59. The Balaban J connectivity index is 1.52. The Morgan fingerprint density at radius 3 is 2.69 bits per heavy atom. The molecule has 0 saturated carbocycles. The van der Waals surface area contributed by atoms with E-state index in [2.05, 4.69) is 15.5 Å². The number of nitrogens with zero attached hydrogens (tertiary/aromatic N) is 2. The van der Waals surface area contributed by atoms with E-state index in [0.29, 0.717) is 41.9 Å². The van der Waals surface area contributed by atoms with Gasteiger partial charge in [-0.05, 0) is 29.8 Å². The van der Waals surface area contributed by atoms with Gasteiger partial charge in [0.25, 0.3) is 5.89 Å². The number of carbonyl (C=O) groups is 1. The second-order valence-electron chi connectivity index (χ2n) is 5.60. The zero-order chi connectivity index (χ0) is 18.4. The quantitative estimate of drug-likeness (QED) is 0.689. The number of para-hydroxylation sites is 1. The van der Waals surface area contributed by atoms with Crippen LogP contribution in [-0.4, -0.2) is 29.8 Å². The number of aromatic nitrogens is 2. The minimum absolute atomic E-state index is 0.0724. The second kappa shape index (κ2) is 8.49. The van der Waals surface area contributed by atoms with Gasteiger partial charge in [-0.15, -0.1) is 10.2 Å². The van der Waals surface area contributed by atoms with E-state index in [9.17, 15) is 4.79 Å². The molecule has 3 aromatic rings. The number of hydrogen-bond acceptors (Lipinski definition) is 5. The Bertz CT molecular complexity index is 878. The molecule has 1 N–H and O–H groups in total. The molecule has 0 aliphatic carbocycles. The number of nitrogens with one attached hydrogen (secondary N) is 1. The fourth-order valence-corrected chi connectivity index (χ4v) is 2.57. The van der Waals surface area contributed by atoms with Gasteiger partial charge in [-0.2, -0.15) is 0 Å². The molecule has 0 unspecified atom stereocenters. The highest BCUT2D eigenvalue weighted by Crippen LogP contribution is 2.28. The molecule has 7 heteroatoms. The van der Waals surface area contributed by atoms with E-state index >= 15 is 0 Å². The van der Waals surface area contributed by atoms with E-state index in [0.717, 1.165) is 11.1 Å². The lowest BCUT2D eigenvalue weighted by molar-refractivity contribution is -0.120. The molecule has 1 amide bonds. The number of hydrogen-bond donors (Lipinski definition) is 1. The lowest BCUT2D eigenvalue weighted by Gasteiger charge is -2.04. The van der Waals surface area contributed by atoms with Crippen LogP contribution in [0.2, 0.25) is 5.02 Å². The van der Waals surface area contributed by atoms with Crippen molar-refractivity contribution in [1.82, 2.24) is 15.5 Å². The molecule has 0 fully saturated rings. The van der Waals surface area contributed by atoms with Crippen LogP contribution in [0.25, 0.3) is 11.5 Å². The van der Waals surface area contributed by atoms with Crippen LogP contribution in [0.3, 0.4) is 0 Å². The van der Waals surface area contributed by atoms with E-state index in [-0.39, 0.29) is 5.91 Å². The van der Waals surface area contributed by atoms with Gasteiger partial charge < -0.3 is 14.5 Å². The molecule has 0 aliphatic heterocycles. The highest BCUT2D eigenvalue weighted by Gasteiger charge is 2.13. The van der Waals surface area contributed by atoms with Crippen LogP contribution < -0.4 is 10.1 Å². The standard InChI is InChI=1S/C19H18ClN3O3/c1-25-16-5-3-2-4-15(16)19-23-22-18(26-19)10-11-21-17(24)12-13-6-8-14(20)9-7-13/h2-9H,10-12H2,1H3,(H,21,24). The number of methoxy groups -OCH3 is 1. The Morgan fingerprint density at radius 1 is 1.15 bits per heavy atom. The van der Waals surface area contributed by atoms with Crippen molar-refractivity contribution in [3.05, 3.63) is 65.0 Å². The fourth-order valence-electron chi connectivity index (χ4n) is 2.44. The second-order valence-corrected chi connectivity index (χ2v) is 6.04. The number of halogens is 1. The average molecular weight is 372 g/mol. The number of benzene rings is 2. The molecule has 0 radical (unpaired) electrons. The zero-order valence-electron chi connectivity index (χ0n) is 14.2. The first-order valence-electron chi connectivity index (χ1n) is 8.12. The Morgan fingerprint density at radius 2 is 1.92 bits per heavy atom. The number of ether oxygens (including phenoxy) is 1. The van der Waals surface area contributed by atoms with Crippen molar-refractivity contribution in [3.63, 3.8) is 0 Å². The number of rotatable bonds is 7. The summed E-state index contributed by atoms with van der Waals surface area (Å²) < 4.78 is 10.9. The summed E-state index contributed by atoms with van der Waals surface area (Å²) in [5.74, 6) is 1.44. The fraction of sp³-hybridized carbons (Fsp3) is 0.211. The monoisotopic (exact) mass is 371 g/mol. The van der Waals surface area contributed by atoms with Crippen molar-refractivity contribution >= 4 is 17.5 Å². The summed E-state index contributed by atoms with van der Waals surface area (Å²) in [6.07, 6.45) is 0.752. The largest absolute Gasteiger partial charge is 0.496 e. The molecule has 134 valence electrons. The minimum atomic E-state index is -0.0724. The van der Waals surface area contributed by atoms with Crippen molar-refractivity contribution in [2.75, 3.05) is 13.7 Å². The van der Waals surface area contributed by atoms with Crippen LogP contribution in [0.5, 0.6) is 5.75 Å². The van der Waals surface area contributed by atoms with Gasteiger partial charge in [0.05, 0.1) is 19.1 Å². The maximum atomic E-state index is 12.0. The van der Waals surface area contributed by atoms with Gasteiger partial charge >= 0.3 is 0 Å². The van der Waals surface area contributed by atoms with Crippen molar-refractivity contribution in [2.45, 2.75) is 12.8 Å². The summed E-state index contributed by atoms with van der Waals surface area (Å²) in [5, 5.41) is 11.6. The maximum Gasteiger partial charge on any atom is 0.251 e. The summed E-state index contributed by atoms with van der Waals surface area (Å²) in [6, 6.07) is 14.6. The molecule has 2 aromatic carbocycles. The summed E-state index contributed by atoms with van der Waals surface area (Å²) >= 11 is 5.83. The molecule has 26 heavy (non-hydrogen) atoms. The summed E-state index contributed by atoms with van der Waals surface area (Å²) in [5.41, 5.74) is 1.64. The molecular weight excluding hydrogens is 354 g/mol. The van der Waals surface area contributed by atoms with Crippen molar-refractivity contribution in [3.8, 4) is 17.2 Å². The molecule has 6 nitrogen and oxygen atoms in total. The van der Waals surface area contributed by atoms with Gasteiger partial charge in [-0.25, -0.2) is 0 Å². The molecule has 0 atom stereocenters. The normalized spacial score (nSPS) is 10.5. The highest BCUT2D eigenvalue weighted by molar-refractivity contribution is 6.30. The maximum absolute atomic E-state index is 12.0. The Kier molecular flexibility index (Phi) is 5.86. The van der Waals surface area contributed by atoms with E-state index in [4.69, 9.17) is 20.8 Å². The van der Waals surface area contributed by atoms with Crippen LogP contribution in [-0.2, 0) is 17.6 Å². The van der Waals surface area contributed by atoms with Crippen molar-refractivity contribution < 1.29 is 13.9 Å². The van der Waals surface area contributed by atoms with Gasteiger partial charge in [-0.3, -0.25) is 4.79 Å². The third-order valence-corrected chi connectivity index (χ3v) is 4.00. The highest BCUT2D eigenvalue weighted by atomic mass is 35.5. The van der Waals surface area contributed by atoms with Crippen molar-refractivity contribution in [1.29, 1.82) is 0 Å². The van der Waals surface area contributed by atoms with Crippen LogP contribution >= 0.6 is 11.6 Å². The van der Waals surface area contributed by atoms with Crippen LogP contribution in [0, 0.1) is 0 Å². The SMILES string of the molecule is COc1ccccc1-c1nnc(CCNC(=O)Cc2ccc(Cl)cc2)o1. The van der Waals surface area contributed by atoms with Gasteiger partial charge in [0.15, 0.2) is 0 Å². The average Bonchev–Trinajstić information content (AvgIpc) is 3.12. The predicted octanol–water partition coefficient (Wildman–Crippen LogP) is 3.30. The summed E-state index contributed by atoms with van der Waals surface area (Å²) in [4.78, 5) is 12.0. The van der Waals surface area contributed by atoms with Crippen LogP contribution in [0.15, 0.2) is 52.9 Å². The first kappa shape index (κ1) is 17.9. The van der Waals surface area contributed by atoms with Gasteiger partial charge in [0.2, 0.25) is 11.8 Å². The first-order chi connectivity index (χ1) is 12.7. The molecular formula is C19H18ClN3O3. The van der Waals surface area contributed by atoms with E-state index in [1.807, 2.05) is 36.4 Å². The first-order valence-corrected chi connectivity index (χ1v) is 8.50. The predicted molar refractivity (Wildman–Crippen MR) is 98.2 cm³/mol. The molecule has 0 aliphatic rings. The van der Waals surface area contributed by atoms with E-state index in [1.165, 1.54) is 0 Å². The summed E-state index contributed by atoms with van der Waals surface area (Å²) in [6.45, 7) is 0.417. The molecule has 3 rings (SSSR count). The Labute approximate surface area is 156 Å². The molecule has 1 aromatic heterocycles. The van der Waals surface area contributed by atoms with Gasteiger partial charge in [0.1, 0.15) is 5.75 Å². The van der Waals surface area contributed by atoms with E-state index < -0.39 is 0 Å². The minimum Gasteiger partial charge on any atom is -0.496 e. The zero-order valence-corrected chi connectivity index (χ0v) is 15.0.